The maximum absolute atomic E-state index is 12.8. The second-order valence-electron chi connectivity index (χ2n) is 11.3. The molecular weight excluding hydrogens is 400 g/mol. The Morgan fingerprint density at radius 3 is 2.41 bits per heavy atom. The topological polar surface area (TPSA) is 57.5 Å². The Morgan fingerprint density at radius 1 is 1.07 bits per heavy atom. The molecule has 0 spiro atoms. The Balaban J connectivity index is 1.60. The minimum Gasteiger partial charge on any atom is -0.392 e. The molecule has 0 radical (unpaired) electrons. The predicted octanol–water partition coefficient (Wildman–Crippen LogP) is 4.58. The van der Waals surface area contributed by atoms with Crippen molar-refractivity contribution in [2.24, 2.45) is 34.0 Å². The van der Waals surface area contributed by atoms with Crippen LogP contribution in [0.4, 0.5) is 0 Å². The van der Waals surface area contributed by atoms with Gasteiger partial charge in [-0.3, -0.25) is 4.79 Å². The molecule has 0 bridgehead atoms. The Morgan fingerprint density at radius 2 is 1.79 bits per heavy atom. The van der Waals surface area contributed by atoms with Crippen LogP contribution in [-0.2, 0) is 4.79 Å². The van der Waals surface area contributed by atoms with E-state index in [0.717, 1.165) is 38.5 Å². The zero-order chi connectivity index (χ0) is 20.8. The molecule has 3 nitrogen and oxygen atoms in total. The van der Waals surface area contributed by atoms with Gasteiger partial charge in [-0.25, -0.2) is 0 Å². The van der Waals surface area contributed by atoms with Gasteiger partial charge in [-0.05, 0) is 86.0 Å². The van der Waals surface area contributed by atoms with E-state index in [-0.39, 0.29) is 33.0 Å². The molecule has 5 heteroatoms. The molecule has 162 valence electrons. The highest BCUT2D eigenvalue weighted by Crippen LogP contribution is 2.71. The molecule has 0 heterocycles. The first-order valence-corrected chi connectivity index (χ1v) is 12.6. The van der Waals surface area contributed by atoms with Gasteiger partial charge < -0.3 is 10.2 Å². The second kappa shape index (κ2) is 6.52. The zero-order valence-corrected chi connectivity index (χ0v) is 19.5. The van der Waals surface area contributed by atoms with Crippen LogP contribution in [0.1, 0.15) is 78.1 Å². The summed E-state index contributed by atoms with van der Waals surface area (Å²) in [5.74, 6) is 1.09. The van der Waals surface area contributed by atoms with Gasteiger partial charge in [0, 0.05) is 11.8 Å². The minimum atomic E-state index is -0.788. The molecule has 5 aliphatic carbocycles. The van der Waals surface area contributed by atoms with Crippen LogP contribution in [0.2, 0.25) is 0 Å². The zero-order valence-electron chi connectivity index (χ0n) is 17.7. The largest absolute Gasteiger partial charge is 0.392 e. The van der Waals surface area contributed by atoms with E-state index in [1.54, 1.807) is 0 Å². The lowest BCUT2D eigenvalue weighted by Gasteiger charge is -2.66. The quantitative estimate of drug-likeness (QED) is 0.379. The fourth-order valence-corrected chi connectivity index (χ4v) is 9.63. The molecule has 5 aliphatic rings. The van der Waals surface area contributed by atoms with Crippen LogP contribution in [0.5, 0.6) is 0 Å². The van der Waals surface area contributed by atoms with Crippen molar-refractivity contribution in [2.45, 2.75) is 94.3 Å². The van der Waals surface area contributed by atoms with Gasteiger partial charge in [-0.2, -0.15) is 25.3 Å². The lowest BCUT2D eigenvalue weighted by molar-refractivity contribution is -0.205. The third-order valence-corrected chi connectivity index (χ3v) is 11.8. The molecular formula is C24H36O3S2. The number of carbonyl (C=O) groups excluding carboxylic acids is 1. The Labute approximate surface area is 185 Å². The number of fused-ring (bicyclic) bond motifs is 5. The molecule has 1 unspecified atom stereocenters. The fraction of sp³-hybridized carbons (Fsp3) is 0.875. The smallest absolute Gasteiger partial charge is 0.155 e. The number of aliphatic hydroxyl groups excluding tert-OH is 1. The van der Waals surface area contributed by atoms with E-state index >= 15 is 0 Å². The van der Waals surface area contributed by atoms with Crippen molar-refractivity contribution in [1.29, 1.82) is 0 Å². The molecule has 0 saturated heterocycles. The van der Waals surface area contributed by atoms with Gasteiger partial charge in [0.05, 0.1) is 16.3 Å². The summed E-state index contributed by atoms with van der Waals surface area (Å²) in [5, 5.41) is 22.7. The number of hydrogen-bond donors (Lipinski definition) is 4. The second-order valence-corrected chi connectivity index (χ2v) is 12.8. The molecule has 7 atom stereocenters. The highest BCUT2D eigenvalue weighted by molar-refractivity contribution is 7.99. The first kappa shape index (κ1) is 20.9. The molecule has 0 aliphatic heterocycles. The highest BCUT2D eigenvalue weighted by atomic mass is 32.2. The number of thiol groups is 2. The van der Waals surface area contributed by atoms with Crippen LogP contribution in [-0.4, -0.2) is 32.3 Å². The molecule has 4 fully saturated rings. The van der Waals surface area contributed by atoms with Crippen molar-refractivity contribution in [3.05, 3.63) is 11.6 Å². The Kier molecular flexibility index (Phi) is 4.70. The normalized spacial score (nSPS) is 51.0. The number of aliphatic hydroxyl groups is 2. The average Bonchev–Trinajstić information content (AvgIpc) is 2.86. The first-order valence-electron chi connectivity index (χ1n) is 11.6. The van der Waals surface area contributed by atoms with E-state index in [0.29, 0.717) is 25.2 Å². The minimum absolute atomic E-state index is 0.0105. The van der Waals surface area contributed by atoms with Crippen LogP contribution in [0.15, 0.2) is 11.6 Å². The number of hydrogen-bond acceptors (Lipinski definition) is 5. The number of ketones is 1. The molecule has 0 aromatic heterocycles. The van der Waals surface area contributed by atoms with Crippen molar-refractivity contribution in [3.63, 3.8) is 0 Å². The summed E-state index contributed by atoms with van der Waals surface area (Å²) < 4.78 is -0.0177. The first-order chi connectivity index (χ1) is 13.6. The highest BCUT2D eigenvalue weighted by Gasteiger charge is 2.69. The van der Waals surface area contributed by atoms with E-state index in [4.69, 9.17) is 25.3 Å². The number of carbonyl (C=O) groups is 1. The van der Waals surface area contributed by atoms with Crippen molar-refractivity contribution in [1.82, 2.24) is 0 Å². The van der Waals surface area contributed by atoms with Gasteiger partial charge in [0.1, 0.15) is 0 Å². The maximum Gasteiger partial charge on any atom is 0.155 e. The van der Waals surface area contributed by atoms with Crippen molar-refractivity contribution in [2.75, 3.05) is 0 Å². The molecule has 29 heavy (non-hydrogen) atoms. The lowest BCUT2D eigenvalue weighted by atomic mass is 9.40. The fourth-order valence-electron chi connectivity index (χ4n) is 8.76. The van der Waals surface area contributed by atoms with E-state index in [1.165, 1.54) is 12.0 Å². The predicted molar refractivity (Wildman–Crippen MR) is 121 cm³/mol. The van der Waals surface area contributed by atoms with Crippen LogP contribution in [0, 0.1) is 34.0 Å². The van der Waals surface area contributed by atoms with Gasteiger partial charge in [0.15, 0.2) is 5.78 Å². The summed E-state index contributed by atoms with van der Waals surface area (Å²) in [5.41, 5.74) is 0.0705. The lowest BCUT2D eigenvalue weighted by Crippen LogP contribution is -2.64. The summed E-state index contributed by atoms with van der Waals surface area (Å²) in [4.78, 5) is 12.8. The van der Waals surface area contributed by atoms with Gasteiger partial charge in [0.2, 0.25) is 0 Å². The van der Waals surface area contributed by atoms with Crippen molar-refractivity contribution < 1.29 is 15.0 Å². The monoisotopic (exact) mass is 436 g/mol. The molecule has 0 aromatic rings. The Bertz CT molecular complexity index is 759. The van der Waals surface area contributed by atoms with E-state index in [1.807, 2.05) is 6.08 Å². The van der Waals surface area contributed by atoms with E-state index in [9.17, 15) is 15.0 Å². The standard InChI is InChI=1S/C24H36O3S2/c1-21-10-6-16-17(24(21,27)11-7-19(21)26)5-4-14-12-15(25)13-18(22(14,16)2)23(20(28)29)8-3-9-23/h12,16-20,26-29H,3-11,13H2,1-2H3/t16-,17+,18?,19-,21+,22-,24+/m0/s1. The molecule has 0 amide bonds. The maximum atomic E-state index is 12.8. The van der Waals surface area contributed by atoms with Crippen LogP contribution < -0.4 is 0 Å². The summed E-state index contributed by atoms with van der Waals surface area (Å²) in [6, 6.07) is 0. The Hall–Kier alpha value is 0.0300. The van der Waals surface area contributed by atoms with Crippen LogP contribution >= 0.6 is 25.3 Å². The average molecular weight is 437 g/mol. The molecule has 2 N–H and O–H groups in total. The van der Waals surface area contributed by atoms with Crippen LogP contribution in [0.3, 0.4) is 0 Å². The SMILES string of the molecule is C[C@@]12C(=CC(=O)CC1C1(C(S)S)CCC1)CC[C@@H]1[C@@H]2CC[C@]2(C)[C@@H](O)CC[C@@]12O. The molecule has 0 aromatic carbocycles. The molecule has 5 rings (SSSR count). The van der Waals surface area contributed by atoms with E-state index in [2.05, 4.69) is 13.8 Å². The van der Waals surface area contributed by atoms with Crippen LogP contribution in [0.25, 0.3) is 0 Å². The van der Waals surface area contributed by atoms with Gasteiger partial charge in [0.25, 0.3) is 0 Å². The van der Waals surface area contributed by atoms with Gasteiger partial charge >= 0.3 is 0 Å². The molecule has 4 saturated carbocycles. The summed E-state index contributed by atoms with van der Waals surface area (Å²) in [6.45, 7) is 4.51. The van der Waals surface area contributed by atoms with Crippen molar-refractivity contribution in [3.8, 4) is 0 Å². The van der Waals surface area contributed by atoms with Crippen molar-refractivity contribution >= 4 is 31.0 Å². The third-order valence-electron chi connectivity index (χ3n) is 10.7. The summed E-state index contributed by atoms with van der Waals surface area (Å²) in [6.07, 6.45) is 10.7. The van der Waals surface area contributed by atoms with Gasteiger partial charge in [-0.15, -0.1) is 0 Å². The van der Waals surface area contributed by atoms with E-state index < -0.39 is 17.1 Å². The summed E-state index contributed by atoms with van der Waals surface area (Å²) in [7, 11) is 0. The number of rotatable bonds is 2. The summed E-state index contributed by atoms with van der Waals surface area (Å²) >= 11 is 9.63. The third kappa shape index (κ3) is 2.45. The van der Waals surface area contributed by atoms with Gasteiger partial charge in [-0.1, -0.05) is 25.8 Å². The number of allylic oxidation sites excluding steroid dienone is 1.